The first-order valence-corrected chi connectivity index (χ1v) is 6.85. The Labute approximate surface area is 117 Å². The molecule has 0 radical (unpaired) electrons. The van der Waals surface area contributed by atoms with Crippen molar-refractivity contribution in [2.45, 2.75) is 44.8 Å². The second-order valence-corrected chi connectivity index (χ2v) is 5.44. The minimum absolute atomic E-state index is 0.0155. The number of nitrogens with one attached hydrogen (secondary N) is 1. The maximum atomic E-state index is 13.1. The number of aliphatic hydroxyl groups is 1. The van der Waals surface area contributed by atoms with Crippen LogP contribution in [0, 0.1) is 5.82 Å². The summed E-state index contributed by atoms with van der Waals surface area (Å²) in [6, 6.07) is 4.26. The normalized spacial score (nSPS) is 19.9. The second-order valence-electron chi connectivity index (χ2n) is 5.44. The van der Waals surface area contributed by atoms with Crippen molar-refractivity contribution in [3.05, 3.63) is 29.6 Å². The van der Waals surface area contributed by atoms with E-state index < -0.39 is 11.6 Å². The van der Waals surface area contributed by atoms with Crippen LogP contribution in [-0.4, -0.2) is 29.3 Å². The Kier molecular flexibility index (Phi) is 4.28. The zero-order chi connectivity index (χ0) is 14.8. The smallest absolute Gasteiger partial charge is 0.261 e. The van der Waals surface area contributed by atoms with E-state index >= 15 is 0 Å². The monoisotopic (exact) mass is 281 g/mol. The highest BCUT2D eigenvalue weighted by Crippen LogP contribution is 2.29. The molecule has 5 heteroatoms. The standard InChI is InChI=1S/C15H20FNO3/c1-3-15(2,6-7-18)17-14(19)13-9-10-8-11(16)4-5-12(10)20-13/h4-5,8,13,18H,3,6-7,9H2,1-2H3,(H,17,19). The lowest BCUT2D eigenvalue weighted by Crippen LogP contribution is -2.51. The zero-order valence-electron chi connectivity index (χ0n) is 11.8. The van der Waals surface area contributed by atoms with E-state index in [0.717, 1.165) is 0 Å². The number of amides is 1. The number of fused-ring (bicyclic) bond motifs is 1. The van der Waals surface area contributed by atoms with Gasteiger partial charge in [0.2, 0.25) is 0 Å². The summed E-state index contributed by atoms with van der Waals surface area (Å²) in [5.41, 5.74) is 0.264. The van der Waals surface area contributed by atoms with Gasteiger partial charge in [0, 0.05) is 24.1 Å². The second kappa shape index (κ2) is 5.79. The molecule has 1 amide bonds. The first-order chi connectivity index (χ1) is 9.47. The van der Waals surface area contributed by atoms with Gasteiger partial charge in [0.05, 0.1) is 0 Å². The SMILES string of the molecule is CCC(C)(CCO)NC(=O)C1Cc2cc(F)ccc2O1. The Hall–Kier alpha value is -1.62. The van der Waals surface area contributed by atoms with Crippen molar-refractivity contribution in [3.8, 4) is 5.75 Å². The van der Waals surface area contributed by atoms with E-state index in [0.29, 0.717) is 30.6 Å². The molecule has 0 saturated carbocycles. The summed E-state index contributed by atoms with van der Waals surface area (Å²) in [5, 5.41) is 12.0. The van der Waals surface area contributed by atoms with E-state index in [2.05, 4.69) is 5.32 Å². The Bertz CT molecular complexity index is 506. The molecule has 1 aromatic rings. The fraction of sp³-hybridized carbons (Fsp3) is 0.533. The van der Waals surface area contributed by atoms with Gasteiger partial charge in [-0.2, -0.15) is 0 Å². The number of benzene rings is 1. The topological polar surface area (TPSA) is 58.6 Å². The average molecular weight is 281 g/mol. The summed E-state index contributed by atoms with van der Waals surface area (Å²) in [6.45, 7) is 3.86. The Morgan fingerprint density at radius 2 is 2.35 bits per heavy atom. The summed E-state index contributed by atoms with van der Waals surface area (Å²) in [6.07, 6.45) is 0.950. The van der Waals surface area contributed by atoms with E-state index in [1.807, 2.05) is 13.8 Å². The Morgan fingerprint density at radius 1 is 1.60 bits per heavy atom. The number of hydrogen-bond acceptors (Lipinski definition) is 3. The van der Waals surface area contributed by atoms with Crippen LogP contribution in [0.3, 0.4) is 0 Å². The van der Waals surface area contributed by atoms with Gasteiger partial charge in [-0.3, -0.25) is 4.79 Å². The first-order valence-electron chi connectivity index (χ1n) is 6.85. The van der Waals surface area contributed by atoms with Crippen LogP contribution in [0.4, 0.5) is 4.39 Å². The first kappa shape index (κ1) is 14.8. The van der Waals surface area contributed by atoms with Crippen molar-refractivity contribution in [1.82, 2.24) is 5.32 Å². The molecule has 2 atom stereocenters. The Morgan fingerprint density at radius 3 is 3.00 bits per heavy atom. The van der Waals surface area contributed by atoms with E-state index in [4.69, 9.17) is 9.84 Å². The molecule has 0 aliphatic carbocycles. The minimum atomic E-state index is -0.628. The third-order valence-corrected chi connectivity index (χ3v) is 3.86. The van der Waals surface area contributed by atoms with Gasteiger partial charge in [0.1, 0.15) is 11.6 Å². The van der Waals surface area contributed by atoms with E-state index in [1.165, 1.54) is 12.1 Å². The van der Waals surface area contributed by atoms with Crippen LogP contribution < -0.4 is 10.1 Å². The van der Waals surface area contributed by atoms with Crippen molar-refractivity contribution in [1.29, 1.82) is 0 Å². The molecule has 110 valence electrons. The van der Waals surface area contributed by atoms with Gasteiger partial charge in [0.15, 0.2) is 6.10 Å². The highest BCUT2D eigenvalue weighted by Gasteiger charge is 2.33. The van der Waals surface area contributed by atoms with Crippen LogP contribution >= 0.6 is 0 Å². The third kappa shape index (κ3) is 3.10. The molecule has 0 bridgehead atoms. The van der Waals surface area contributed by atoms with Crippen LogP contribution in [0.2, 0.25) is 0 Å². The number of carbonyl (C=O) groups is 1. The molecule has 2 unspecified atom stereocenters. The fourth-order valence-electron chi connectivity index (χ4n) is 2.32. The average Bonchev–Trinajstić information content (AvgIpc) is 2.82. The summed E-state index contributed by atoms with van der Waals surface area (Å²) in [4.78, 5) is 12.2. The predicted molar refractivity (Wildman–Crippen MR) is 73.1 cm³/mol. The number of carbonyl (C=O) groups excluding carboxylic acids is 1. The van der Waals surface area contributed by atoms with E-state index in [-0.39, 0.29) is 18.3 Å². The molecular formula is C15H20FNO3. The largest absolute Gasteiger partial charge is 0.480 e. The lowest BCUT2D eigenvalue weighted by molar-refractivity contribution is -0.129. The van der Waals surface area contributed by atoms with Crippen molar-refractivity contribution < 1.29 is 19.0 Å². The lowest BCUT2D eigenvalue weighted by Gasteiger charge is -2.30. The number of ether oxygens (including phenoxy) is 1. The molecule has 2 N–H and O–H groups in total. The maximum absolute atomic E-state index is 13.1. The van der Waals surface area contributed by atoms with Gasteiger partial charge in [-0.05, 0) is 38.0 Å². The minimum Gasteiger partial charge on any atom is -0.480 e. The molecular weight excluding hydrogens is 261 g/mol. The molecule has 1 aromatic carbocycles. The van der Waals surface area contributed by atoms with Gasteiger partial charge in [-0.25, -0.2) is 4.39 Å². The van der Waals surface area contributed by atoms with Crippen LogP contribution in [0.5, 0.6) is 5.75 Å². The fourth-order valence-corrected chi connectivity index (χ4v) is 2.32. The lowest BCUT2D eigenvalue weighted by atomic mass is 9.94. The van der Waals surface area contributed by atoms with Crippen molar-refractivity contribution >= 4 is 5.91 Å². The van der Waals surface area contributed by atoms with Crippen LogP contribution in [-0.2, 0) is 11.2 Å². The summed E-state index contributed by atoms with van der Waals surface area (Å²) in [5.74, 6) is 0.0124. The number of aliphatic hydroxyl groups excluding tert-OH is 1. The van der Waals surface area contributed by atoms with Crippen molar-refractivity contribution in [2.24, 2.45) is 0 Å². The molecule has 0 aromatic heterocycles. The van der Waals surface area contributed by atoms with Crippen molar-refractivity contribution in [2.75, 3.05) is 6.61 Å². The summed E-state index contributed by atoms with van der Waals surface area (Å²) in [7, 11) is 0. The molecule has 0 spiro atoms. The van der Waals surface area contributed by atoms with Crippen molar-refractivity contribution in [3.63, 3.8) is 0 Å². The number of halogens is 1. The van der Waals surface area contributed by atoms with Gasteiger partial charge in [0.25, 0.3) is 5.91 Å². The van der Waals surface area contributed by atoms with Crippen LogP contribution in [0.1, 0.15) is 32.3 Å². The number of hydrogen-bond donors (Lipinski definition) is 2. The summed E-state index contributed by atoms with van der Waals surface area (Å²) >= 11 is 0. The van der Waals surface area contributed by atoms with Crippen LogP contribution in [0.25, 0.3) is 0 Å². The molecule has 0 fully saturated rings. The Balaban J connectivity index is 2.02. The van der Waals surface area contributed by atoms with Gasteiger partial charge >= 0.3 is 0 Å². The number of rotatable bonds is 5. The molecule has 1 aliphatic rings. The van der Waals surface area contributed by atoms with Crippen LogP contribution in [0.15, 0.2) is 18.2 Å². The molecule has 0 saturated heterocycles. The molecule has 1 aliphatic heterocycles. The highest BCUT2D eigenvalue weighted by atomic mass is 19.1. The van der Waals surface area contributed by atoms with Gasteiger partial charge < -0.3 is 15.2 Å². The molecule has 1 heterocycles. The third-order valence-electron chi connectivity index (χ3n) is 3.86. The van der Waals surface area contributed by atoms with E-state index in [9.17, 15) is 9.18 Å². The molecule has 2 rings (SSSR count). The quantitative estimate of drug-likeness (QED) is 0.865. The molecule has 20 heavy (non-hydrogen) atoms. The maximum Gasteiger partial charge on any atom is 0.261 e. The highest BCUT2D eigenvalue weighted by molar-refractivity contribution is 5.83. The summed E-state index contributed by atoms with van der Waals surface area (Å²) < 4.78 is 18.7. The van der Waals surface area contributed by atoms with Gasteiger partial charge in [-0.15, -0.1) is 0 Å². The van der Waals surface area contributed by atoms with E-state index in [1.54, 1.807) is 6.07 Å². The molecule has 4 nitrogen and oxygen atoms in total. The van der Waals surface area contributed by atoms with Gasteiger partial charge in [-0.1, -0.05) is 6.92 Å². The predicted octanol–water partition coefficient (Wildman–Crippen LogP) is 1.80. The zero-order valence-corrected chi connectivity index (χ0v) is 11.8.